The number of hydrogen-bond acceptors (Lipinski definition) is 0. The molecule has 0 nitrogen and oxygen atoms in total. The topological polar surface area (TPSA) is 0 Å². The smallest absolute Gasteiger partial charge is 0.0438 e. The summed E-state index contributed by atoms with van der Waals surface area (Å²) in [6, 6.07) is 0. The average molecular weight is 184 g/mol. The summed E-state index contributed by atoms with van der Waals surface area (Å²) in [6.45, 7) is 14.1. The third-order valence-corrected chi connectivity index (χ3v) is 2.55. The summed E-state index contributed by atoms with van der Waals surface area (Å²) >= 11 is 0. The first-order valence-electron chi connectivity index (χ1n) is 5.91. The van der Waals surface area contributed by atoms with Crippen LogP contribution in [0.15, 0.2) is 0 Å². The molecule has 0 fully saturated rings. The van der Waals surface area contributed by atoms with E-state index >= 15 is 0 Å². The maximum Gasteiger partial charge on any atom is -0.0438 e. The molecule has 0 heterocycles. The van der Waals surface area contributed by atoms with Crippen molar-refractivity contribution in [2.75, 3.05) is 0 Å². The fourth-order valence-electron chi connectivity index (χ4n) is 2.49. The molecular weight excluding hydrogens is 156 g/mol. The van der Waals surface area contributed by atoms with Gasteiger partial charge in [0.1, 0.15) is 0 Å². The van der Waals surface area contributed by atoms with Crippen LogP contribution in [0.2, 0.25) is 0 Å². The Kier molecular flexibility index (Phi) is 6.45. The summed E-state index contributed by atoms with van der Waals surface area (Å²) in [4.78, 5) is 0. The molecule has 13 heavy (non-hydrogen) atoms. The van der Waals surface area contributed by atoms with Gasteiger partial charge in [0.25, 0.3) is 0 Å². The Balaban J connectivity index is 3.58. The first kappa shape index (κ1) is 13.0. The van der Waals surface area contributed by atoms with Gasteiger partial charge in [-0.2, -0.15) is 0 Å². The van der Waals surface area contributed by atoms with E-state index in [9.17, 15) is 0 Å². The highest BCUT2D eigenvalue weighted by Crippen LogP contribution is 2.23. The fourth-order valence-corrected chi connectivity index (χ4v) is 2.49. The minimum Gasteiger partial charge on any atom is -0.0628 e. The second-order valence-electron chi connectivity index (χ2n) is 5.71. The molecule has 0 unspecified atom stereocenters. The molecule has 0 saturated heterocycles. The van der Waals surface area contributed by atoms with Gasteiger partial charge in [-0.3, -0.25) is 0 Å². The van der Waals surface area contributed by atoms with E-state index in [4.69, 9.17) is 0 Å². The van der Waals surface area contributed by atoms with Crippen molar-refractivity contribution in [3.8, 4) is 0 Å². The Morgan fingerprint density at radius 3 is 1.08 bits per heavy atom. The molecule has 0 amide bonds. The Morgan fingerprint density at radius 1 is 0.538 bits per heavy atom. The highest BCUT2D eigenvalue weighted by atomic mass is 14.2. The first-order chi connectivity index (χ1) is 5.91. The molecule has 0 aliphatic rings. The van der Waals surface area contributed by atoms with Gasteiger partial charge in [0.15, 0.2) is 0 Å². The van der Waals surface area contributed by atoms with Crippen molar-refractivity contribution in [2.45, 2.75) is 60.8 Å². The lowest BCUT2D eigenvalue weighted by Gasteiger charge is -2.20. The molecule has 0 rings (SSSR count). The van der Waals surface area contributed by atoms with Gasteiger partial charge in [-0.15, -0.1) is 0 Å². The second-order valence-corrected chi connectivity index (χ2v) is 5.71. The molecule has 2 atom stereocenters. The third kappa shape index (κ3) is 8.33. The van der Waals surface area contributed by atoms with Gasteiger partial charge < -0.3 is 0 Å². The Bertz CT molecular complexity index is 99.2. The minimum atomic E-state index is 0.862. The molecule has 0 saturated carbocycles. The van der Waals surface area contributed by atoms with Crippen LogP contribution in [0.4, 0.5) is 0 Å². The van der Waals surface area contributed by atoms with Crippen LogP contribution in [0, 0.1) is 23.7 Å². The molecule has 0 aromatic rings. The van der Waals surface area contributed by atoms with E-state index in [-0.39, 0.29) is 0 Å². The quantitative estimate of drug-likeness (QED) is 0.559. The van der Waals surface area contributed by atoms with E-state index in [0.29, 0.717) is 0 Å². The maximum absolute atomic E-state index is 2.40. The Morgan fingerprint density at radius 2 is 0.846 bits per heavy atom. The van der Waals surface area contributed by atoms with Gasteiger partial charge in [-0.25, -0.2) is 0 Å². The summed E-state index contributed by atoms with van der Waals surface area (Å²) in [5.74, 6) is 3.55. The van der Waals surface area contributed by atoms with Crippen LogP contribution in [-0.2, 0) is 0 Å². The summed E-state index contributed by atoms with van der Waals surface area (Å²) in [5.41, 5.74) is 0. The summed E-state index contributed by atoms with van der Waals surface area (Å²) in [6.07, 6.45) is 4.20. The second kappa shape index (κ2) is 6.45. The largest absolute Gasteiger partial charge is 0.0628 e. The summed E-state index contributed by atoms with van der Waals surface area (Å²) in [7, 11) is 0. The van der Waals surface area contributed by atoms with Crippen molar-refractivity contribution in [2.24, 2.45) is 23.7 Å². The van der Waals surface area contributed by atoms with E-state index in [1.165, 1.54) is 19.3 Å². The summed E-state index contributed by atoms with van der Waals surface area (Å²) in [5, 5.41) is 0. The van der Waals surface area contributed by atoms with Crippen molar-refractivity contribution in [3.63, 3.8) is 0 Å². The van der Waals surface area contributed by atoms with Crippen LogP contribution in [0.3, 0.4) is 0 Å². The van der Waals surface area contributed by atoms with E-state index in [2.05, 4.69) is 41.5 Å². The van der Waals surface area contributed by atoms with Crippen molar-refractivity contribution in [1.29, 1.82) is 0 Å². The van der Waals surface area contributed by atoms with Gasteiger partial charge in [-0.1, -0.05) is 41.5 Å². The normalized spacial score (nSPS) is 16.6. The number of hydrogen-bond donors (Lipinski definition) is 0. The van der Waals surface area contributed by atoms with E-state index in [1.54, 1.807) is 0 Å². The first-order valence-corrected chi connectivity index (χ1v) is 5.91. The molecule has 0 aliphatic carbocycles. The van der Waals surface area contributed by atoms with Gasteiger partial charge in [0, 0.05) is 0 Å². The van der Waals surface area contributed by atoms with Crippen LogP contribution in [-0.4, -0.2) is 0 Å². The zero-order valence-corrected chi connectivity index (χ0v) is 10.4. The van der Waals surface area contributed by atoms with Crippen molar-refractivity contribution in [3.05, 3.63) is 0 Å². The molecule has 80 valence electrons. The molecule has 0 heteroatoms. The average Bonchev–Trinajstić information content (AvgIpc) is 1.80. The third-order valence-electron chi connectivity index (χ3n) is 2.55. The maximum atomic E-state index is 2.40. The SMILES string of the molecule is CC(C)C[C@@H](C)C[C@H](C)CC(C)C. The summed E-state index contributed by atoms with van der Waals surface area (Å²) < 4.78 is 0. The van der Waals surface area contributed by atoms with Crippen molar-refractivity contribution in [1.82, 2.24) is 0 Å². The molecule has 0 radical (unpaired) electrons. The number of rotatable bonds is 6. The molecule has 0 aromatic heterocycles. The highest BCUT2D eigenvalue weighted by molar-refractivity contribution is 4.63. The van der Waals surface area contributed by atoms with Crippen molar-refractivity contribution < 1.29 is 0 Å². The molecule has 0 aromatic carbocycles. The molecule has 0 aliphatic heterocycles. The highest BCUT2D eigenvalue weighted by Gasteiger charge is 2.11. The van der Waals surface area contributed by atoms with Gasteiger partial charge in [-0.05, 0) is 42.9 Å². The van der Waals surface area contributed by atoms with E-state index in [1.807, 2.05) is 0 Å². The Hall–Kier alpha value is 0. The van der Waals surface area contributed by atoms with Crippen LogP contribution < -0.4 is 0 Å². The zero-order chi connectivity index (χ0) is 10.4. The van der Waals surface area contributed by atoms with Crippen LogP contribution in [0.25, 0.3) is 0 Å². The zero-order valence-electron chi connectivity index (χ0n) is 10.4. The van der Waals surface area contributed by atoms with Crippen LogP contribution in [0.5, 0.6) is 0 Å². The van der Waals surface area contributed by atoms with Gasteiger partial charge >= 0.3 is 0 Å². The molecule has 0 N–H and O–H groups in total. The minimum absolute atomic E-state index is 0.862. The molecule has 0 spiro atoms. The Labute approximate surface area is 85.1 Å². The van der Waals surface area contributed by atoms with Crippen LogP contribution in [0.1, 0.15) is 60.8 Å². The predicted molar refractivity (Wildman–Crippen MR) is 61.9 cm³/mol. The lowest BCUT2D eigenvalue weighted by Crippen LogP contribution is -2.08. The van der Waals surface area contributed by atoms with Gasteiger partial charge in [0.2, 0.25) is 0 Å². The fraction of sp³-hybridized carbons (Fsp3) is 1.00. The predicted octanol–water partition coefficient (Wildman–Crippen LogP) is 4.74. The lowest BCUT2D eigenvalue weighted by molar-refractivity contribution is 0.320. The standard InChI is InChI=1S/C13H28/c1-10(2)7-12(5)9-13(6)8-11(3)4/h10-13H,7-9H2,1-6H3/t12-,13-/m1/s1. The van der Waals surface area contributed by atoms with E-state index < -0.39 is 0 Å². The monoisotopic (exact) mass is 184 g/mol. The van der Waals surface area contributed by atoms with Gasteiger partial charge in [0.05, 0.1) is 0 Å². The van der Waals surface area contributed by atoms with Crippen LogP contribution >= 0.6 is 0 Å². The molecule has 0 bridgehead atoms. The van der Waals surface area contributed by atoms with Crippen molar-refractivity contribution >= 4 is 0 Å². The lowest BCUT2D eigenvalue weighted by atomic mass is 9.86. The van der Waals surface area contributed by atoms with E-state index in [0.717, 1.165) is 23.7 Å². The molecular formula is C13H28.